The van der Waals surface area contributed by atoms with E-state index in [1.54, 1.807) is 0 Å². The van der Waals surface area contributed by atoms with Gasteiger partial charge >= 0.3 is 0 Å². The van der Waals surface area contributed by atoms with Crippen molar-refractivity contribution in [3.8, 4) is 11.5 Å². The van der Waals surface area contributed by atoms with Gasteiger partial charge in [-0.05, 0) is 42.0 Å². The number of aromatic hydroxyl groups is 2. The summed E-state index contributed by atoms with van der Waals surface area (Å²) in [5.41, 5.74) is -0.648. The molecule has 29 heavy (non-hydrogen) atoms. The van der Waals surface area contributed by atoms with Crippen molar-refractivity contribution < 1.29 is 23.2 Å². The number of phenols is 2. The van der Waals surface area contributed by atoms with Gasteiger partial charge in [-0.25, -0.2) is 0 Å². The number of rotatable bonds is 4. The van der Waals surface area contributed by atoms with Gasteiger partial charge in [0.15, 0.2) is 4.75 Å². The molecule has 0 bridgehead atoms. The van der Waals surface area contributed by atoms with E-state index < -0.39 is 31.4 Å². The molecule has 0 radical (unpaired) electrons. The predicted octanol–water partition coefficient (Wildman–Crippen LogP) is 5.89. The van der Waals surface area contributed by atoms with Gasteiger partial charge < -0.3 is 10.2 Å². The van der Waals surface area contributed by atoms with Crippen molar-refractivity contribution in [2.45, 2.75) is 4.75 Å². The molecule has 0 spiro atoms. The summed E-state index contributed by atoms with van der Waals surface area (Å²) in [6.07, 6.45) is 0. The van der Waals surface area contributed by atoms with Gasteiger partial charge in [0.25, 0.3) is 10.1 Å². The predicted molar refractivity (Wildman–Crippen MR) is 114 cm³/mol. The first kappa shape index (κ1) is 22.0. The van der Waals surface area contributed by atoms with Crippen LogP contribution in [-0.4, -0.2) is 23.2 Å². The van der Waals surface area contributed by atoms with E-state index in [1.165, 1.54) is 42.5 Å². The molecule has 0 aliphatic carbocycles. The van der Waals surface area contributed by atoms with Crippen LogP contribution in [0.4, 0.5) is 0 Å². The van der Waals surface area contributed by atoms with E-state index in [9.17, 15) is 23.2 Å². The molecule has 0 heterocycles. The molecular weight excluding hydrogens is 482 g/mol. The van der Waals surface area contributed by atoms with E-state index in [4.69, 9.17) is 46.4 Å². The van der Waals surface area contributed by atoms with Crippen molar-refractivity contribution in [3.05, 3.63) is 91.4 Å². The number of phenolic OH excluding ortho intramolecular Hbond substituents is 2. The topological polar surface area (TPSA) is 94.8 Å². The molecule has 3 rings (SSSR count). The summed E-state index contributed by atoms with van der Waals surface area (Å²) in [6.45, 7) is 0. The van der Waals surface area contributed by atoms with Crippen LogP contribution in [0.5, 0.6) is 11.5 Å². The maximum absolute atomic E-state index is 13.0. The van der Waals surface area contributed by atoms with Crippen molar-refractivity contribution in [2.75, 3.05) is 0 Å². The fourth-order valence-corrected chi connectivity index (χ4v) is 5.72. The molecule has 152 valence electrons. The van der Waals surface area contributed by atoms with E-state index in [2.05, 4.69) is 0 Å². The zero-order chi connectivity index (χ0) is 21.6. The Morgan fingerprint density at radius 2 is 1.41 bits per heavy atom. The number of hydrogen-bond donors (Lipinski definition) is 3. The second-order valence-corrected chi connectivity index (χ2v) is 9.25. The molecule has 0 aliphatic heterocycles. The monoisotopic (exact) mass is 492 g/mol. The Balaban J connectivity index is 2.66. The highest BCUT2D eigenvalue weighted by Crippen LogP contribution is 2.53. The normalized spacial score (nSPS) is 13.8. The lowest BCUT2D eigenvalue weighted by atomic mass is 9.83. The van der Waals surface area contributed by atoms with Crippen LogP contribution in [0.15, 0.2) is 54.6 Å². The molecule has 3 aromatic rings. The van der Waals surface area contributed by atoms with Crippen LogP contribution in [0.25, 0.3) is 0 Å². The van der Waals surface area contributed by atoms with Crippen molar-refractivity contribution >= 4 is 56.5 Å². The van der Waals surface area contributed by atoms with Crippen LogP contribution in [0.1, 0.15) is 16.7 Å². The van der Waals surface area contributed by atoms with Crippen LogP contribution >= 0.6 is 46.4 Å². The summed E-state index contributed by atoms with van der Waals surface area (Å²) in [4.78, 5) is 0. The molecular formula is C19H12Cl4O5S. The third-order valence-electron chi connectivity index (χ3n) is 4.41. The van der Waals surface area contributed by atoms with E-state index >= 15 is 0 Å². The average Bonchev–Trinajstić information content (AvgIpc) is 2.63. The lowest BCUT2D eigenvalue weighted by Gasteiger charge is -2.34. The highest BCUT2D eigenvalue weighted by molar-refractivity contribution is 7.87. The summed E-state index contributed by atoms with van der Waals surface area (Å²) >= 11 is 24.7. The number of hydrogen-bond acceptors (Lipinski definition) is 4. The molecule has 0 saturated heterocycles. The molecule has 3 N–H and O–H groups in total. The molecule has 0 aliphatic rings. The maximum atomic E-state index is 13.0. The minimum Gasteiger partial charge on any atom is -0.506 e. The van der Waals surface area contributed by atoms with Crippen molar-refractivity contribution in [1.29, 1.82) is 0 Å². The molecule has 10 heteroatoms. The van der Waals surface area contributed by atoms with Crippen LogP contribution < -0.4 is 0 Å². The van der Waals surface area contributed by atoms with Gasteiger partial charge in [0.1, 0.15) is 16.5 Å². The number of halogens is 4. The maximum Gasteiger partial charge on any atom is 0.283 e. The quantitative estimate of drug-likeness (QED) is 0.311. The van der Waals surface area contributed by atoms with Crippen LogP contribution in [0.3, 0.4) is 0 Å². The molecule has 0 fully saturated rings. The summed E-state index contributed by atoms with van der Waals surface area (Å²) in [5.74, 6) is -1.27. The first-order valence-electron chi connectivity index (χ1n) is 7.90. The fourth-order valence-electron chi connectivity index (χ4n) is 3.23. The van der Waals surface area contributed by atoms with E-state index in [0.29, 0.717) is 0 Å². The smallest absolute Gasteiger partial charge is 0.283 e. The Bertz CT molecular complexity index is 1190. The summed E-state index contributed by atoms with van der Waals surface area (Å²) in [5, 5.41) is 19.9. The third kappa shape index (κ3) is 3.54. The van der Waals surface area contributed by atoms with Gasteiger partial charge in [-0.1, -0.05) is 64.6 Å². The first-order valence-corrected chi connectivity index (χ1v) is 10.9. The van der Waals surface area contributed by atoms with Crippen molar-refractivity contribution in [2.24, 2.45) is 0 Å². The molecule has 0 aromatic heterocycles. The van der Waals surface area contributed by atoms with Crippen molar-refractivity contribution in [3.63, 3.8) is 0 Å². The average molecular weight is 494 g/mol. The van der Waals surface area contributed by atoms with Gasteiger partial charge in [-0.2, -0.15) is 8.42 Å². The molecule has 1 unspecified atom stereocenters. The first-order chi connectivity index (χ1) is 13.5. The Hall–Kier alpha value is -1.67. The van der Waals surface area contributed by atoms with E-state index in [-0.39, 0.29) is 31.8 Å². The summed E-state index contributed by atoms with van der Waals surface area (Å²) in [7, 11) is -5.13. The van der Waals surface area contributed by atoms with Crippen LogP contribution in [0, 0.1) is 0 Å². The Labute approximate surface area is 186 Å². The highest BCUT2D eigenvalue weighted by Gasteiger charge is 2.52. The lowest BCUT2D eigenvalue weighted by Crippen LogP contribution is -2.39. The van der Waals surface area contributed by atoms with E-state index in [0.717, 1.165) is 12.1 Å². The Morgan fingerprint density at radius 3 is 1.97 bits per heavy atom. The van der Waals surface area contributed by atoms with Gasteiger partial charge in [0.2, 0.25) is 0 Å². The standard InChI is InChI=1S/C19H12Cl4O5S/c20-11-4-1-3-10(9-11)19(29(26,27)28,16-13(21)5-2-6-14(16)22)12-7-8-15(24)17(23)18(12)25/h1-9,24-25H,(H,26,27,28). The molecule has 0 saturated carbocycles. The second-order valence-electron chi connectivity index (χ2n) is 6.06. The lowest BCUT2D eigenvalue weighted by molar-refractivity contribution is 0.431. The van der Waals surface area contributed by atoms with Crippen molar-refractivity contribution in [1.82, 2.24) is 0 Å². The highest BCUT2D eigenvalue weighted by atomic mass is 35.5. The largest absolute Gasteiger partial charge is 0.506 e. The van der Waals surface area contributed by atoms with Crippen LogP contribution in [-0.2, 0) is 14.9 Å². The summed E-state index contributed by atoms with van der Waals surface area (Å²) < 4.78 is 34.0. The van der Waals surface area contributed by atoms with Gasteiger partial charge in [0, 0.05) is 26.2 Å². The van der Waals surface area contributed by atoms with Gasteiger partial charge in [0.05, 0.1) is 0 Å². The second kappa shape index (κ2) is 7.87. The van der Waals surface area contributed by atoms with Crippen LogP contribution in [0.2, 0.25) is 20.1 Å². The molecule has 5 nitrogen and oxygen atoms in total. The molecule has 3 aromatic carbocycles. The SMILES string of the molecule is O=S(=O)(O)C(c1cccc(Cl)c1)(c1ccc(O)c(Cl)c1O)c1c(Cl)cccc1Cl. The minimum atomic E-state index is -5.13. The zero-order valence-electron chi connectivity index (χ0n) is 14.3. The minimum absolute atomic E-state index is 0.0560. The fraction of sp³-hybridized carbons (Fsp3) is 0.0526. The molecule has 1 atom stereocenters. The van der Waals surface area contributed by atoms with E-state index in [1.807, 2.05) is 0 Å². The van der Waals surface area contributed by atoms with Gasteiger partial charge in [-0.15, -0.1) is 0 Å². The Morgan fingerprint density at radius 1 is 0.828 bits per heavy atom. The molecule has 0 amide bonds. The number of benzene rings is 3. The third-order valence-corrected chi connectivity index (χ3v) is 7.08. The Kier molecular flexibility index (Phi) is 5.98. The zero-order valence-corrected chi connectivity index (χ0v) is 18.1. The summed E-state index contributed by atoms with van der Waals surface area (Å²) in [6, 6.07) is 12.1. The van der Waals surface area contributed by atoms with Gasteiger partial charge in [-0.3, -0.25) is 4.55 Å².